The van der Waals surface area contributed by atoms with Crippen molar-refractivity contribution in [2.24, 2.45) is 0 Å². The van der Waals surface area contributed by atoms with Gasteiger partial charge < -0.3 is 19.9 Å². The Labute approximate surface area is 170 Å². The van der Waals surface area contributed by atoms with Crippen LogP contribution >= 0.6 is 0 Å². The summed E-state index contributed by atoms with van der Waals surface area (Å²) in [5, 5.41) is 2.43. The van der Waals surface area contributed by atoms with E-state index in [0.29, 0.717) is 25.1 Å². The average molecular weight is 425 g/mol. The first-order valence-electron chi connectivity index (χ1n) is 9.18. The fourth-order valence-corrected chi connectivity index (χ4v) is 3.08. The lowest BCUT2D eigenvalue weighted by Gasteiger charge is -2.23. The van der Waals surface area contributed by atoms with E-state index >= 15 is 0 Å². The second-order valence-corrected chi connectivity index (χ2v) is 6.61. The molecule has 10 heteroatoms. The van der Waals surface area contributed by atoms with Crippen LogP contribution in [-0.2, 0) is 0 Å². The first-order chi connectivity index (χ1) is 14.2. The molecule has 2 aromatic carbocycles. The van der Waals surface area contributed by atoms with E-state index in [9.17, 15) is 27.2 Å². The molecule has 2 aromatic rings. The standard InChI is InChI=1S/C20H19F4N3O3/c21-15-8-6-14(7-9-15)18(28)26-10-3-11-27(13-12-26)19(29)25-16-4-1-2-5-17(16)30-20(22,23)24/h1-2,4-9H,3,10-13H2,(H,25,29). The number of carbonyl (C=O) groups excluding carboxylic acids is 2. The number of urea groups is 1. The molecule has 1 aliphatic heterocycles. The number of hydrogen-bond donors (Lipinski definition) is 1. The van der Waals surface area contributed by atoms with E-state index in [-0.39, 0.29) is 24.7 Å². The number of amides is 3. The van der Waals surface area contributed by atoms with Crippen molar-refractivity contribution in [3.63, 3.8) is 0 Å². The lowest BCUT2D eigenvalue weighted by molar-refractivity contribution is -0.274. The predicted molar refractivity (Wildman–Crippen MR) is 101 cm³/mol. The van der Waals surface area contributed by atoms with Gasteiger partial charge in [0.15, 0.2) is 5.75 Å². The van der Waals surface area contributed by atoms with Crippen molar-refractivity contribution in [3.8, 4) is 5.75 Å². The highest BCUT2D eigenvalue weighted by molar-refractivity contribution is 5.94. The molecule has 0 saturated carbocycles. The summed E-state index contributed by atoms with van der Waals surface area (Å²) in [6, 6.07) is 9.84. The molecular weight excluding hydrogens is 406 g/mol. The lowest BCUT2D eigenvalue weighted by atomic mass is 10.2. The molecule has 1 heterocycles. The van der Waals surface area contributed by atoms with Crippen molar-refractivity contribution in [2.45, 2.75) is 12.8 Å². The molecule has 0 aliphatic carbocycles. The summed E-state index contributed by atoms with van der Waals surface area (Å²) in [5.74, 6) is -1.23. The van der Waals surface area contributed by atoms with Crippen LogP contribution in [0.2, 0.25) is 0 Å². The van der Waals surface area contributed by atoms with Gasteiger partial charge in [0.1, 0.15) is 5.82 Å². The van der Waals surface area contributed by atoms with E-state index in [2.05, 4.69) is 10.1 Å². The molecular formula is C20H19F4N3O3. The van der Waals surface area contributed by atoms with Gasteiger partial charge in [-0.1, -0.05) is 12.1 Å². The van der Waals surface area contributed by atoms with Gasteiger partial charge in [-0.2, -0.15) is 0 Å². The van der Waals surface area contributed by atoms with Crippen LogP contribution in [0.3, 0.4) is 0 Å². The van der Waals surface area contributed by atoms with Gasteiger partial charge in [-0.15, -0.1) is 13.2 Å². The molecule has 0 spiro atoms. The normalized spacial score (nSPS) is 14.8. The van der Waals surface area contributed by atoms with Gasteiger partial charge in [0.05, 0.1) is 5.69 Å². The molecule has 0 radical (unpaired) electrons. The van der Waals surface area contributed by atoms with Crippen molar-refractivity contribution < 1.29 is 31.9 Å². The van der Waals surface area contributed by atoms with E-state index in [1.165, 1.54) is 47.4 Å². The van der Waals surface area contributed by atoms with Crippen LogP contribution < -0.4 is 10.1 Å². The minimum absolute atomic E-state index is 0.108. The zero-order valence-electron chi connectivity index (χ0n) is 15.8. The largest absolute Gasteiger partial charge is 0.573 e. The fraction of sp³-hybridized carbons (Fsp3) is 0.300. The highest BCUT2D eigenvalue weighted by atomic mass is 19.4. The molecule has 0 bridgehead atoms. The Bertz CT molecular complexity index is 903. The number of nitrogens with zero attached hydrogens (tertiary/aromatic N) is 2. The molecule has 30 heavy (non-hydrogen) atoms. The Kier molecular flexibility index (Phi) is 6.43. The summed E-state index contributed by atoms with van der Waals surface area (Å²) in [7, 11) is 0. The lowest BCUT2D eigenvalue weighted by Crippen LogP contribution is -2.39. The monoisotopic (exact) mass is 425 g/mol. The highest BCUT2D eigenvalue weighted by Gasteiger charge is 2.32. The Morgan fingerprint density at radius 3 is 2.23 bits per heavy atom. The molecule has 3 amide bonds. The number of ether oxygens (including phenoxy) is 1. The third-order valence-electron chi connectivity index (χ3n) is 4.52. The third kappa shape index (κ3) is 5.62. The van der Waals surface area contributed by atoms with Gasteiger partial charge >= 0.3 is 12.4 Å². The van der Waals surface area contributed by atoms with Crippen LogP contribution in [-0.4, -0.2) is 54.3 Å². The zero-order valence-corrected chi connectivity index (χ0v) is 15.8. The SMILES string of the molecule is O=C(Nc1ccccc1OC(F)(F)F)N1CCCN(C(=O)c2ccc(F)cc2)CC1. The van der Waals surface area contributed by atoms with E-state index in [1.54, 1.807) is 4.90 Å². The Hall–Kier alpha value is -3.30. The molecule has 0 aromatic heterocycles. The summed E-state index contributed by atoms with van der Waals surface area (Å²) in [4.78, 5) is 28.1. The summed E-state index contributed by atoms with van der Waals surface area (Å²) in [6.45, 7) is 1.15. The van der Waals surface area contributed by atoms with E-state index in [4.69, 9.17) is 0 Å². The van der Waals surface area contributed by atoms with Crippen LogP contribution in [0.25, 0.3) is 0 Å². The predicted octanol–water partition coefficient (Wildman–Crippen LogP) is 4.10. The molecule has 3 rings (SSSR count). The quantitative estimate of drug-likeness (QED) is 0.754. The molecule has 1 aliphatic rings. The van der Waals surface area contributed by atoms with Crippen molar-refractivity contribution in [3.05, 3.63) is 59.9 Å². The molecule has 0 atom stereocenters. The Morgan fingerprint density at radius 1 is 0.900 bits per heavy atom. The number of carbonyl (C=O) groups is 2. The first kappa shape index (κ1) is 21.4. The maximum absolute atomic E-state index is 13.0. The molecule has 160 valence electrons. The second-order valence-electron chi connectivity index (χ2n) is 6.61. The van der Waals surface area contributed by atoms with Crippen molar-refractivity contribution in [2.75, 3.05) is 31.5 Å². The zero-order chi connectivity index (χ0) is 21.7. The van der Waals surface area contributed by atoms with Gasteiger partial charge in [-0.05, 0) is 42.8 Å². The van der Waals surface area contributed by atoms with Gasteiger partial charge in [0.25, 0.3) is 5.91 Å². The Morgan fingerprint density at radius 2 is 1.53 bits per heavy atom. The molecule has 0 unspecified atom stereocenters. The fourth-order valence-electron chi connectivity index (χ4n) is 3.08. The number of benzene rings is 2. The third-order valence-corrected chi connectivity index (χ3v) is 4.52. The van der Waals surface area contributed by atoms with E-state index < -0.39 is 24.0 Å². The van der Waals surface area contributed by atoms with Crippen molar-refractivity contribution >= 4 is 17.6 Å². The molecule has 1 saturated heterocycles. The van der Waals surface area contributed by atoms with Crippen LogP contribution in [0.5, 0.6) is 5.75 Å². The van der Waals surface area contributed by atoms with E-state index in [0.717, 1.165) is 6.07 Å². The Balaban J connectivity index is 1.62. The van der Waals surface area contributed by atoms with Crippen LogP contribution in [0, 0.1) is 5.82 Å². The maximum atomic E-state index is 13.0. The molecule has 1 N–H and O–H groups in total. The summed E-state index contributed by atoms with van der Waals surface area (Å²) < 4.78 is 54.6. The minimum Gasteiger partial charge on any atom is -0.404 e. The summed E-state index contributed by atoms with van der Waals surface area (Å²) in [6.07, 6.45) is -4.40. The summed E-state index contributed by atoms with van der Waals surface area (Å²) >= 11 is 0. The minimum atomic E-state index is -4.88. The maximum Gasteiger partial charge on any atom is 0.573 e. The average Bonchev–Trinajstić information content (AvgIpc) is 2.95. The number of nitrogens with one attached hydrogen (secondary N) is 1. The number of para-hydroxylation sites is 2. The number of rotatable bonds is 3. The molecule has 6 nitrogen and oxygen atoms in total. The van der Waals surface area contributed by atoms with Crippen LogP contribution in [0.15, 0.2) is 48.5 Å². The smallest absolute Gasteiger partial charge is 0.404 e. The van der Waals surface area contributed by atoms with Gasteiger partial charge in [0, 0.05) is 31.7 Å². The summed E-state index contributed by atoms with van der Waals surface area (Å²) in [5.41, 5.74) is 0.232. The topological polar surface area (TPSA) is 61.9 Å². The van der Waals surface area contributed by atoms with Crippen LogP contribution in [0.1, 0.15) is 16.8 Å². The van der Waals surface area contributed by atoms with Crippen LogP contribution in [0.4, 0.5) is 28.0 Å². The van der Waals surface area contributed by atoms with Gasteiger partial charge in [0.2, 0.25) is 0 Å². The van der Waals surface area contributed by atoms with Gasteiger partial charge in [-0.3, -0.25) is 4.79 Å². The van der Waals surface area contributed by atoms with Crippen molar-refractivity contribution in [1.82, 2.24) is 9.80 Å². The number of hydrogen-bond acceptors (Lipinski definition) is 3. The van der Waals surface area contributed by atoms with E-state index in [1.807, 2.05) is 0 Å². The highest BCUT2D eigenvalue weighted by Crippen LogP contribution is 2.30. The number of halogens is 4. The number of anilines is 1. The van der Waals surface area contributed by atoms with Crippen molar-refractivity contribution in [1.29, 1.82) is 0 Å². The van der Waals surface area contributed by atoms with Gasteiger partial charge in [-0.25, -0.2) is 9.18 Å². The second kappa shape index (κ2) is 9.02. The molecule has 1 fully saturated rings. The first-order valence-corrected chi connectivity index (χ1v) is 9.18. The number of alkyl halides is 3.